The Labute approximate surface area is 356 Å². The lowest BCUT2D eigenvalue weighted by molar-refractivity contribution is 1.07. The molecule has 288 valence electrons. The highest BCUT2D eigenvalue weighted by Crippen LogP contribution is 2.40. The van der Waals surface area contributed by atoms with Crippen LogP contribution in [0.4, 0.5) is 0 Å². The average Bonchev–Trinajstić information content (AvgIpc) is 3.85. The van der Waals surface area contributed by atoms with E-state index in [1.807, 2.05) is 18.2 Å². The molecule has 0 radical (unpaired) electrons. The Morgan fingerprint density at radius 2 is 0.774 bits per heavy atom. The molecule has 0 fully saturated rings. The zero-order valence-electron chi connectivity index (χ0n) is 33.4. The summed E-state index contributed by atoms with van der Waals surface area (Å²) in [5, 5.41) is 11.9. The topological polar surface area (TPSA) is 48.5 Å². The zero-order chi connectivity index (χ0) is 40.7. The van der Waals surface area contributed by atoms with Crippen LogP contribution in [-0.2, 0) is 0 Å². The lowest BCUT2D eigenvalue weighted by atomic mass is 9.97. The molecule has 13 aromatic rings. The van der Waals surface area contributed by atoms with E-state index in [1.54, 1.807) is 0 Å². The second-order valence-corrected chi connectivity index (χ2v) is 16.0. The van der Waals surface area contributed by atoms with Crippen LogP contribution in [0.25, 0.3) is 121 Å². The highest BCUT2D eigenvalue weighted by atomic mass is 15.0. The summed E-state index contributed by atoms with van der Waals surface area (Å²) in [5.41, 5.74) is 9.57. The summed E-state index contributed by atoms with van der Waals surface area (Å²) >= 11 is 0. The van der Waals surface area contributed by atoms with E-state index in [9.17, 15) is 0 Å². The number of benzene rings is 10. The van der Waals surface area contributed by atoms with Crippen LogP contribution >= 0.6 is 0 Å². The van der Waals surface area contributed by atoms with Gasteiger partial charge in [-0.05, 0) is 86.9 Å². The van der Waals surface area contributed by atoms with Gasteiger partial charge in [0, 0.05) is 49.6 Å². The first kappa shape index (κ1) is 34.5. The Hall–Kier alpha value is -8.41. The number of hydrogen-bond donors (Lipinski definition) is 0. The molecule has 3 heterocycles. The van der Waals surface area contributed by atoms with Crippen molar-refractivity contribution in [3.05, 3.63) is 212 Å². The predicted molar refractivity (Wildman–Crippen MR) is 257 cm³/mol. The first-order valence-corrected chi connectivity index (χ1v) is 21.0. The minimum Gasteiger partial charge on any atom is -0.309 e. The van der Waals surface area contributed by atoms with Crippen molar-refractivity contribution < 1.29 is 0 Å². The number of fused-ring (bicyclic) bond motifs is 10. The summed E-state index contributed by atoms with van der Waals surface area (Å²) in [5.74, 6) is 1.89. The zero-order valence-corrected chi connectivity index (χ0v) is 33.4. The third-order valence-electron chi connectivity index (χ3n) is 12.5. The first-order chi connectivity index (χ1) is 30.7. The van der Waals surface area contributed by atoms with Gasteiger partial charge >= 0.3 is 0 Å². The van der Waals surface area contributed by atoms with E-state index in [-0.39, 0.29) is 0 Å². The molecule has 62 heavy (non-hydrogen) atoms. The molecule has 0 amide bonds. The summed E-state index contributed by atoms with van der Waals surface area (Å²) < 4.78 is 4.81. The van der Waals surface area contributed by atoms with E-state index >= 15 is 0 Å². The largest absolute Gasteiger partial charge is 0.309 e. The molecule has 3 aromatic heterocycles. The molecule has 0 aliphatic rings. The van der Waals surface area contributed by atoms with Crippen molar-refractivity contribution in [3.8, 4) is 45.5 Å². The molecule has 10 aromatic carbocycles. The number of rotatable bonds is 5. The highest BCUT2D eigenvalue weighted by Gasteiger charge is 2.20. The van der Waals surface area contributed by atoms with Gasteiger partial charge in [-0.3, -0.25) is 0 Å². The van der Waals surface area contributed by atoms with Crippen molar-refractivity contribution in [1.82, 2.24) is 24.1 Å². The lowest BCUT2D eigenvalue weighted by Crippen LogP contribution is -2.02. The van der Waals surface area contributed by atoms with Crippen LogP contribution in [0.5, 0.6) is 0 Å². The minimum atomic E-state index is 0.616. The average molecular weight is 790 g/mol. The molecule has 0 atom stereocenters. The number of aromatic nitrogens is 5. The van der Waals surface area contributed by atoms with Crippen molar-refractivity contribution in [2.45, 2.75) is 0 Å². The summed E-state index contributed by atoms with van der Waals surface area (Å²) in [4.78, 5) is 15.7. The Kier molecular flexibility index (Phi) is 7.54. The second kappa shape index (κ2) is 13.6. The van der Waals surface area contributed by atoms with Crippen LogP contribution in [0, 0.1) is 0 Å². The molecule has 0 unspecified atom stereocenters. The maximum Gasteiger partial charge on any atom is 0.164 e. The molecule has 13 rings (SSSR count). The van der Waals surface area contributed by atoms with Gasteiger partial charge in [-0.15, -0.1) is 0 Å². The third-order valence-corrected chi connectivity index (χ3v) is 12.5. The monoisotopic (exact) mass is 789 g/mol. The maximum atomic E-state index is 5.32. The molecule has 0 saturated heterocycles. The summed E-state index contributed by atoms with van der Waals surface area (Å²) in [6, 6.07) is 75.8. The molecule has 0 aliphatic carbocycles. The van der Waals surface area contributed by atoms with E-state index in [2.05, 4.69) is 203 Å². The van der Waals surface area contributed by atoms with Gasteiger partial charge in [0.1, 0.15) is 0 Å². The number of para-hydroxylation sites is 2. The van der Waals surface area contributed by atoms with Crippen molar-refractivity contribution in [1.29, 1.82) is 0 Å². The molecule has 0 aliphatic heterocycles. The summed E-state index contributed by atoms with van der Waals surface area (Å²) in [7, 11) is 0. The summed E-state index contributed by atoms with van der Waals surface area (Å²) in [6.07, 6.45) is 0. The molecular formula is C57H35N5. The molecule has 0 spiro atoms. The van der Waals surface area contributed by atoms with Gasteiger partial charge in [0.05, 0.1) is 22.1 Å². The van der Waals surface area contributed by atoms with Crippen molar-refractivity contribution in [2.75, 3.05) is 0 Å². The molecule has 0 N–H and O–H groups in total. The minimum absolute atomic E-state index is 0.616. The fourth-order valence-electron chi connectivity index (χ4n) is 9.67. The van der Waals surface area contributed by atoms with Crippen LogP contribution in [0.15, 0.2) is 212 Å². The van der Waals surface area contributed by atoms with Gasteiger partial charge in [-0.2, -0.15) is 0 Å². The first-order valence-electron chi connectivity index (χ1n) is 21.0. The standard InChI is InChI=1S/C57H35N5/c1-2-15-36(16-3-1)55-58-56(60-57(59-55)50-33-39-19-6-7-22-43(39)44-23-8-9-24-45(44)50)40-20-14-21-41(31-40)62-53-34-38-18-5-4-17-37(38)32-49(53)48-30-29-42(35-54(48)62)61-51-27-12-10-25-46(51)47-26-11-13-28-52(47)61/h1-35H. The Morgan fingerprint density at radius 3 is 1.53 bits per heavy atom. The quantitative estimate of drug-likeness (QED) is 0.163. The van der Waals surface area contributed by atoms with Crippen molar-refractivity contribution in [2.24, 2.45) is 0 Å². The van der Waals surface area contributed by atoms with Gasteiger partial charge in [-0.1, -0.05) is 158 Å². The van der Waals surface area contributed by atoms with Crippen LogP contribution < -0.4 is 0 Å². The maximum absolute atomic E-state index is 5.32. The van der Waals surface area contributed by atoms with Crippen LogP contribution in [0.2, 0.25) is 0 Å². The Balaban J connectivity index is 1.06. The van der Waals surface area contributed by atoms with Crippen molar-refractivity contribution in [3.63, 3.8) is 0 Å². The number of nitrogens with zero attached hydrogens (tertiary/aromatic N) is 5. The van der Waals surface area contributed by atoms with E-state index in [4.69, 9.17) is 15.0 Å². The molecule has 0 saturated carbocycles. The summed E-state index contributed by atoms with van der Waals surface area (Å²) in [6.45, 7) is 0. The lowest BCUT2D eigenvalue weighted by Gasteiger charge is -2.14. The normalized spacial score (nSPS) is 11.9. The second-order valence-electron chi connectivity index (χ2n) is 16.0. The SMILES string of the molecule is c1ccc(-c2nc(-c3cccc(-n4c5cc(-n6c7ccccc7c7ccccc76)ccc5c5cc6ccccc6cc54)c3)nc(-c3cc4ccccc4c4ccccc34)n2)cc1. The van der Waals surface area contributed by atoms with Gasteiger partial charge < -0.3 is 9.13 Å². The molecule has 5 nitrogen and oxygen atoms in total. The van der Waals surface area contributed by atoms with Crippen LogP contribution in [-0.4, -0.2) is 24.1 Å². The fourth-order valence-corrected chi connectivity index (χ4v) is 9.67. The third kappa shape index (κ3) is 5.32. The molecule has 5 heteroatoms. The Bertz CT molecular complexity index is 3880. The van der Waals surface area contributed by atoms with Gasteiger partial charge in [0.15, 0.2) is 17.5 Å². The van der Waals surface area contributed by atoms with E-state index < -0.39 is 0 Å². The van der Waals surface area contributed by atoms with Gasteiger partial charge in [0.2, 0.25) is 0 Å². The Morgan fingerprint density at radius 1 is 0.258 bits per heavy atom. The van der Waals surface area contributed by atoms with E-state index in [0.717, 1.165) is 49.9 Å². The fraction of sp³-hybridized carbons (Fsp3) is 0. The predicted octanol–water partition coefficient (Wildman–Crippen LogP) is 14.5. The van der Waals surface area contributed by atoms with Crippen LogP contribution in [0.3, 0.4) is 0 Å². The van der Waals surface area contributed by atoms with E-state index in [0.29, 0.717) is 17.5 Å². The van der Waals surface area contributed by atoms with E-state index in [1.165, 1.54) is 54.1 Å². The highest BCUT2D eigenvalue weighted by molar-refractivity contribution is 6.15. The molecular weight excluding hydrogens is 755 g/mol. The smallest absolute Gasteiger partial charge is 0.164 e. The number of hydrogen-bond acceptors (Lipinski definition) is 3. The van der Waals surface area contributed by atoms with Gasteiger partial charge in [0.25, 0.3) is 0 Å². The van der Waals surface area contributed by atoms with Gasteiger partial charge in [-0.25, -0.2) is 15.0 Å². The molecule has 0 bridgehead atoms. The van der Waals surface area contributed by atoms with Crippen LogP contribution in [0.1, 0.15) is 0 Å². The van der Waals surface area contributed by atoms with Crippen molar-refractivity contribution >= 4 is 75.9 Å².